The Labute approximate surface area is 137 Å². The average molecular weight is 318 g/mol. The van der Waals surface area contributed by atoms with E-state index in [1.807, 2.05) is 32.9 Å². The largest absolute Gasteiger partial charge is 0.385 e. The Morgan fingerprint density at radius 3 is 2.26 bits per heavy atom. The molecular weight excluding hydrogens is 292 g/mol. The predicted octanol–water partition coefficient (Wildman–Crippen LogP) is 2.48. The van der Waals surface area contributed by atoms with Gasteiger partial charge in [0.2, 0.25) is 11.8 Å². The molecule has 0 radical (unpaired) electrons. The van der Waals surface area contributed by atoms with Crippen molar-refractivity contribution in [3.8, 4) is 0 Å². The molecule has 0 heterocycles. The highest BCUT2D eigenvalue weighted by Gasteiger charge is 2.56. The van der Waals surface area contributed by atoms with E-state index in [0.717, 1.165) is 28.8 Å². The highest BCUT2D eigenvalue weighted by molar-refractivity contribution is 6.13. The van der Waals surface area contributed by atoms with Gasteiger partial charge in [-0.15, -0.1) is 0 Å². The summed E-state index contributed by atoms with van der Waals surface area (Å²) in [5, 5.41) is 5.81. The molecule has 1 aliphatic rings. The lowest BCUT2D eigenvalue weighted by Gasteiger charge is -2.18. The van der Waals surface area contributed by atoms with Crippen LogP contribution in [0.3, 0.4) is 0 Å². The van der Waals surface area contributed by atoms with Crippen molar-refractivity contribution in [2.45, 2.75) is 40.0 Å². The van der Waals surface area contributed by atoms with Crippen molar-refractivity contribution in [3.63, 3.8) is 0 Å². The summed E-state index contributed by atoms with van der Waals surface area (Å²) in [6.07, 6.45) is 1.97. The molecule has 0 saturated heterocycles. The Bertz CT molecular complexity index is 583. The second-order valence-electron chi connectivity index (χ2n) is 6.41. The Kier molecular flexibility index (Phi) is 5.42. The Morgan fingerprint density at radius 2 is 1.74 bits per heavy atom. The number of ether oxygens (including phenoxy) is 1. The first-order valence-electron chi connectivity index (χ1n) is 8.07. The van der Waals surface area contributed by atoms with Crippen molar-refractivity contribution in [2.75, 3.05) is 25.6 Å². The van der Waals surface area contributed by atoms with Crippen LogP contribution in [0.5, 0.6) is 0 Å². The fourth-order valence-corrected chi connectivity index (χ4v) is 2.88. The third-order valence-electron chi connectivity index (χ3n) is 4.35. The molecule has 5 heteroatoms. The van der Waals surface area contributed by atoms with Crippen LogP contribution in [0.1, 0.15) is 36.0 Å². The average Bonchev–Trinajstić information content (AvgIpc) is 3.28. The number of anilines is 1. The van der Waals surface area contributed by atoms with E-state index in [1.54, 1.807) is 7.11 Å². The molecule has 0 aromatic heterocycles. The van der Waals surface area contributed by atoms with E-state index in [-0.39, 0.29) is 11.8 Å². The summed E-state index contributed by atoms with van der Waals surface area (Å²) in [5.41, 5.74) is 3.13. The highest BCUT2D eigenvalue weighted by Crippen LogP contribution is 2.47. The van der Waals surface area contributed by atoms with Gasteiger partial charge in [0.15, 0.2) is 0 Å². The molecule has 0 bridgehead atoms. The number of hydrogen-bond donors (Lipinski definition) is 2. The topological polar surface area (TPSA) is 67.4 Å². The Morgan fingerprint density at radius 1 is 1.13 bits per heavy atom. The maximum Gasteiger partial charge on any atom is 0.240 e. The molecule has 0 unspecified atom stereocenters. The van der Waals surface area contributed by atoms with E-state index < -0.39 is 5.41 Å². The van der Waals surface area contributed by atoms with Crippen LogP contribution in [-0.2, 0) is 14.3 Å². The summed E-state index contributed by atoms with van der Waals surface area (Å²) in [7, 11) is 1.63. The van der Waals surface area contributed by atoms with Gasteiger partial charge in [0.25, 0.3) is 0 Å². The van der Waals surface area contributed by atoms with Crippen LogP contribution in [0.25, 0.3) is 0 Å². The molecular formula is C18H26N2O3. The Balaban J connectivity index is 2.01. The lowest BCUT2D eigenvalue weighted by molar-refractivity contribution is -0.134. The van der Waals surface area contributed by atoms with Crippen molar-refractivity contribution in [3.05, 3.63) is 28.8 Å². The minimum atomic E-state index is -0.892. The van der Waals surface area contributed by atoms with Gasteiger partial charge in [0.1, 0.15) is 5.41 Å². The van der Waals surface area contributed by atoms with E-state index in [0.29, 0.717) is 26.0 Å². The second-order valence-corrected chi connectivity index (χ2v) is 6.41. The standard InChI is InChI=1S/C18H26N2O3/c1-12-10-13(2)15(14(3)11-12)20-17(22)18(6-7-18)16(21)19-8-5-9-23-4/h10-11H,5-9H2,1-4H3,(H,19,21)(H,20,22). The molecule has 126 valence electrons. The SMILES string of the molecule is COCCCNC(=O)C1(C(=O)Nc2c(C)cc(C)cc2C)CC1. The molecule has 1 fully saturated rings. The van der Waals surface area contributed by atoms with Gasteiger partial charge >= 0.3 is 0 Å². The van der Waals surface area contributed by atoms with Crippen LogP contribution in [0, 0.1) is 26.2 Å². The molecule has 1 aliphatic carbocycles. The van der Waals surface area contributed by atoms with Crippen molar-refractivity contribution < 1.29 is 14.3 Å². The summed E-state index contributed by atoms with van der Waals surface area (Å²) in [6.45, 7) is 7.10. The van der Waals surface area contributed by atoms with Crippen molar-refractivity contribution in [1.29, 1.82) is 0 Å². The van der Waals surface area contributed by atoms with Crippen molar-refractivity contribution >= 4 is 17.5 Å². The molecule has 0 aliphatic heterocycles. The van der Waals surface area contributed by atoms with Gasteiger partial charge in [-0.3, -0.25) is 9.59 Å². The first kappa shape index (κ1) is 17.5. The number of nitrogens with one attached hydrogen (secondary N) is 2. The van der Waals surface area contributed by atoms with Gasteiger partial charge < -0.3 is 15.4 Å². The van der Waals surface area contributed by atoms with Gasteiger partial charge in [-0.1, -0.05) is 17.7 Å². The monoisotopic (exact) mass is 318 g/mol. The zero-order chi connectivity index (χ0) is 17.0. The molecule has 0 atom stereocenters. The summed E-state index contributed by atoms with van der Waals surface area (Å²) >= 11 is 0. The third-order valence-corrected chi connectivity index (χ3v) is 4.35. The number of amides is 2. The summed E-state index contributed by atoms with van der Waals surface area (Å²) in [5.74, 6) is -0.370. The van der Waals surface area contributed by atoms with Gasteiger partial charge in [-0.2, -0.15) is 0 Å². The fourth-order valence-electron chi connectivity index (χ4n) is 2.88. The van der Waals surface area contributed by atoms with Crippen LogP contribution in [0.2, 0.25) is 0 Å². The van der Waals surface area contributed by atoms with E-state index in [1.165, 1.54) is 0 Å². The lowest BCUT2D eigenvalue weighted by Crippen LogP contribution is -2.40. The van der Waals surface area contributed by atoms with Crippen molar-refractivity contribution in [1.82, 2.24) is 5.32 Å². The van der Waals surface area contributed by atoms with E-state index in [2.05, 4.69) is 10.6 Å². The van der Waals surface area contributed by atoms with Crippen LogP contribution >= 0.6 is 0 Å². The van der Waals surface area contributed by atoms with Crippen LogP contribution in [-0.4, -0.2) is 32.1 Å². The fraction of sp³-hybridized carbons (Fsp3) is 0.556. The van der Waals surface area contributed by atoms with E-state index >= 15 is 0 Å². The molecule has 1 saturated carbocycles. The molecule has 1 aromatic rings. The van der Waals surface area contributed by atoms with Crippen LogP contribution in [0.15, 0.2) is 12.1 Å². The van der Waals surface area contributed by atoms with Gasteiger partial charge in [-0.05, 0) is 51.2 Å². The molecule has 2 N–H and O–H groups in total. The zero-order valence-corrected chi connectivity index (χ0v) is 14.4. The minimum Gasteiger partial charge on any atom is -0.385 e. The lowest BCUT2D eigenvalue weighted by atomic mass is 10.0. The molecule has 1 aromatic carbocycles. The number of hydrogen-bond acceptors (Lipinski definition) is 3. The number of methoxy groups -OCH3 is 1. The molecule has 5 nitrogen and oxygen atoms in total. The predicted molar refractivity (Wildman–Crippen MR) is 90.5 cm³/mol. The number of rotatable bonds is 7. The van der Waals surface area contributed by atoms with E-state index in [4.69, 9.17) is 4.74 Å². The Hall–Kier alpha value is -1.88. The van der Waals surface area contributed by atoms with Crippen molar-refractivity contribution in [2.24, 2.45) is 5.41 Å². The first-order valence-corrected chi connectivity index (χ1v) is 8.07. The third kappa shape index (κ3) is 3.91. The smallest absolute Gasteiger partial charge is 0.240 e. The van der Waals surface area contributed by atoms with Gasteiger partial charge in [-0.25, -0.2) is 0 Å². The first-order chi connectivity index (χ1) is 10.9. The number of carbonyl (C=O) groups excluding carboxylic acids is 2. The number of aryl methyl sites for hydroxylation is 3. The van der Waals surface area contributed by atoms with Crippen LogP contribution in [0.4, 0.5) is 5.69 Å². The molecule has 0 spiro atoms. The maximum atomic E-state index is 12.6. The summed E-state index contributed by atoms with van der Waals surface area (Å²) < 4.78 is 4.96. The summed E-state index contributed by atoms with van der Waals surface area (Å²) in [4.78, 5) is 25.0. The quantitative estimate of drug-likeness (QED) is 0.599. The molecule has 2 amide bonds. The number of carbonyl (C=O) groups is 2. The van der Waals surface area contributed by atoms with Gasteiger partial charge in [0.05, 0.1) is 0 Å². The highest BCUT2D eigenvalue weighted by atomic mass is 16.5. The van der Waals surface area contributed by atoms with Gasteiger partial charge in [0, 0.05) is 25.9 Å². The number of benzene rings is 1. The minimum absolute atomic E-state index is 0.173. The second kappa shape index (κ2) is 7.13. The molecule has 2 rings (SSSR count). The van der Waals surface area contributed by atoms with E-state index in [9.17, 15) is 9.59 Å². The molecule has 23 heavy (non-hydrogen) atoms. The summed E-state index contributed by atoms with van der Waals surface area (Å²) in [6, 6.07) is 4.07. The maximum absolute atomic E-state index is 12.6. The zero-order valence-electron chi connectivity index (χ0n) is 14.4. The van der Waals surface area contributed by atoms with Crippen LogP contribution < -0.4 is 10.6 Å². The normalized spacial score (nSPS) is 15.1.